The second-order valence-electron chi connectivity index (χ2n) is 9.67. The van der Waals surface area contributed by atoms with Crippen molar-refractivity contribution in [2.75, 3.05) is 0 Å². The van der Waals surface area contributed by atoms with Gasteiger partial charge in [-0.25, -0.2) is 4.39 Å². The lowest BCUT2D eigenvalue weighted by atomic mass is 9.63. The maximum atomic E-state index is 15.0. The Kier molecular flexibility index (Phi) is 7.45. The van der Waals surface area contributed by atoms with Gasteiger partial charge in [0.15, 0.2) is 0 Å². The fourth-order valence-corrected chi connectivity index (χ4v) is 5.91. The minimum atomic E-state index is -4.74. The van der Waals surface area contributed by atoms with Crippen molar-refractivity contribution in [3.63, 3.8) is 0 Å². The van der Waals surface area contributed by atoms with Crippen LogP contribution in [0.3, 0.4) is 0 Å². The summed E-state index contributed by atoms with van der Waals surface area (Å²) in [5.74, 6) is 2.15. The van der Waals surface area contributed by atoms with Crippen molar-refractivity contribution in [3.05, 3.63) is 66.0 Å². The van der Waals surface area contributed by atoms with Crippen molar-refractivity contribution in [1.82, 2.24) is 0 Å². The zero-order chi connectivity index (χ0) is 23.4. The molecule has 2 aromatic carbocycles. The molecule has 33 heavy (non-hydrogen) atoms. The molecule has 2 saturated carbocycles. The smallest absolute Gasteiger partial charge is 0.406 e. The number of halogens is 4. The average Bonchev–Trinajstić information content (AvgIpc) is 2.78. The molecule has 5 heteroatoms. The highest BCUT2D eigenvalue weighted by Gasteiger charge is 2.36. The molecule has 2 aliphatic carbocycles. The van der Waals surface area contributed by atoms with E-state index in [-0.39, 0.29) is 11.6 Å². The molecule has 2 aliphatic rings. The molecule has 4 rings (SSSR count). The molecule has 2 fully saturated rings. The molecule has 0 aromatic heterocycles. The number of hydrogen-bond acceptors (Lipinski definition) is 1. The largest absolute Gasteiger partial charge is 0.573 e. The van der Waals surface area contributed by atoms with Gasteiger partial charge >= 0.3 is 6.36 Å². The van der Waals surface area contributed by atoms with Crippen LogP contribution in [0.2, 0.25) is 0 Å². The Labute approximate surface area is 193 Å². The Bertz CT molecular complexity index is 947. The molecule has 2 aromatic rings. The molecule has 0 heterocycles. The van der Waals surface area contributed by atoms with Crippen molar-refractivity contribution in [3.8, 4) is 16.9 Å². The summed E-state index contributed by atoms with van der Waals surface area (Å²) in [5, 5.41) is 0. The van der Waals surface area contributed by atoms with Crippen LogP contribution < -0.4 is 4.74 Å². The summed E-state index contributed by atoms with van der Waals surface area (Å²) in [6, 6.07) is 10.7. The van der Waals surface area contributed by atoms with Crippen LogP contribution in [0.4, 0.5) is 17.6 Å². The lowest BCUT2D eigenvalue weighted by Crippen LogP contribution is -2.30. The fourth-order valence-electron chi connectivity index (χ4n) is 5.91. The van der Waals surface area contributed by atoms with E-state index in [1.807, 2.05) is 6.07 Å². The molecular weight excluding hydrogens is 428 g/mol. The van der Waals surface area contributed by atoms with Crippen LogP contribution in [0.5, 0.6) is 5.75 Å². The number of rotatable bonds is 6. The van der Waals surface area contributed by atoms with Gasteiger partial charge in [-0.1, -0.05) is 42.8 Å². The molecule has 4 unspecified atom stereocenters. The summed E-state index contributed by atoms with van der Waals surface area (Å²) in [7, 11) is 0. The first-order chi connectivity index (χ1) is 15.8. The third-order valence-electron chi connectivity index (χ3n) is 7.56. The van der Waals surface area contributed by atoms with Gasteiger partial charge in [0.2, 0.25) is 0 Å². The molecule has 0 amide bonds. The van der Waals surface area contributed by atoms with E-state index in [1.54, 1.807) is 12.1 Å². The van der Waals surface area contributed by atoms with E-state index in [9.17, 15) is 17.6 Å². The quantitative estimate of drug-likeness (QED) is 0.309. The minimum Gasteiger partial charge on any atom is -0.406 e. The number of hydrogen-bond donors (Lipinski definition) is 0. The first-order valence-corrected chi connectivity index (χ1v) is 12.1. The summed E-state index contributed by atoms with van der Waals surface area (Å²) in [6.07, 6.45) is 9.55. The summed E-state index contributed by atoms with van der Waals surface area (Å²) < 4.78 is 55.9. The van der Waals surface area contributed by atoms with Crippen molar-refractivity contribution in [2.45, 2.75) is 70.6 Å². The molecule has 0 saturated heterocycles. The Morgan fingerprint density at radius 1 is 0.939 bits per heavy atom. The van der Waals surface area contributed by atoms with E-state index in [2.05, 4.69) is 23.8 Å². The van der Waals surface area contributed by atoms with Gasteiger partial charge in [-0.3, -0.25) is 0 Å². The zero-order valence-electron chi connectivity index (χ0n) is 19.1. The Morgan fingerprint density at radius 2 is 1.67 bits per heavy atom. The highest BCUT2D eigenvalue weighted by Crippen LogP contribution is 2.48. The van der Waals surface area contributed by atoms with Crippen LogP contribution in [0.1, 0.15) is 69.8 Å². The Balaban J connectivity index is 1.38. The van der Waals surface area contributed by atoms with Crippen molar-refractivity contribution in [2.24, 2.45) is 17.8 Å². The monoisotopic (exact) mass is 460 g/mol. The second-order valence-corrected chi connectivity index (χ2v) is 9.67. The van der Waals surface area contributed by atoms with Gasteiger partial charge in [0.1, 0.15) is 11.6 Å². The molecular formula is C28H32F4O. The molecule has 178 valence electrons. The van der Waals surface area contributed by atoms with Gasteiger partial charge in [-0.2, -0.15) is 0 Å². The number of alkyl halides is 3. The number of ether oxygens (including phenoxy) is 1. The average molecular weight is 461 g/mol. The summed E-state index contributed by atoms with van der Waals surface area (Å²) in [5.41, 5.74) is 1.98. The van der Waals surface area contributed by atoms with Crippen LogP contribution in [-0.2, 0) is 0 Å². The number of benzene rings is 2. The third-order valence-corrected chi connectivity index (χ3v) is 7.56. The van der Waals surface area contributed by atoms with E-state index >= 15 is 0 Å². The van der Waals surface area contributed by atoms with Gasteiger partial charge in [-0.05, 0) is 105 Å². The van der Waals surface area contributed by atoms with Crippen LogP contribution in [0.15, 0.2) is 54.6 Å². The van der Waals surface area contributed by atoms with Crippen molar-refractivity contribution in [1.29, 1.82) is 0 Å². The summed E-state index contributed by atoms with van der Waals surface area (Å²) in [6.45, 7) is 2.08. The number of allylic oxidation sites excluding steroid dienone is 2. The first-order valence-electron chi connectivity index (χ1n) is 12.1. The van der Waals surface area contributed by atoms with Gasteiger partial charge in [0, 0.05) is 5.56 Å². The Morgan fingerprint density at radius 3 is 2.36 bits per heavy atom. The topological polar surface area (TPSA) is 9.23 Å². The second kappa shape index (κ2) is 10.3. The van der Waals surface area contributed by atoms with Gasteiger partial charge in [-0.15, -0.1) is 13.2 Å². The molecule has 0 bridgehead atoms. The minimum absolute atomic E-state index is 0.309. The van der Waals surface area contributed by atoms with E-state index in [1.165, 1.54) is 62.8 Å². The first kappa shape index (κ1) is 23.8. The van der Waals surface area contributed by atoms with Crippen LogP contribution in [0.25, 0.3) is 11.1 Å². The Hall–Kier alpha value is -2.30. The van der Waals surface area contributed by atoms with E-state index in [0.29, 0.717) is 17.0 Å². The highest BCUT2D eigenvalue weighted by molar-refractivity contribution is 5.65. The normalized spacial score (nSPS) is 25.7. The summed E-state index contributed by atoms with van der Waals surface area (Å²) in [4.78, 5) is 0. The van der Waals surface area contributed by atoms with E-state index < -0.39 is 6.36 Å². The van der Waals surface area contributed by atoms with Crippen LogP contribution in [0, 0.1) is 23.6 Å². The predicted octanol–water partition coefficient (Wildman–Crippen LogP) is 9.05. The van der Waals surface area contributed by atoms with Crippen LogP contribution in [-0.4, -0.2) is 6.36 Å². The highest BCUT2D eigenvalue weighted by atomic mass is 19.4. The summed E-state index contributed by atoms with van der Waals surface area (Å²) >= 11 is 0. The standard InChI is InChI=1S/C28H32F4O/c1-2-3-4-5-19-6-7-22-17-23(9-8-21(22)16-19)24-12-15-26(27(29)18-24)20-10-13-25(14-11-20)33-28(30,31)32/h2-3,10-15,18-19,21-23H,4-9,16-17H2,1H3/b3-2+. The molecule has 0 N–H and O–H groups in total. The molecule has 0 aliphatic heterocycles. The maximum absolute atomic E-state index is 15.0. The van der Waals surface area contributed by atoms with Crippen LogP contribution >= 0.6 is 0 Å². The zero-order valence-corrected chi connectivity index (χ0v) is 19.1. The molecule has 4 atom stereocenters. The lowest BCUT2D eigenvalue weighted by Gasteiger charge is -2.42. The maximum Gasteiger partial charge on any atom is 0.573 e. The number of fused-ring (bicyclic) bond motifs is 1. The van der Waals surface area contributed by atoms with Crippen molar-refractivity contribution >= 4 is 0 Å². The van der Waals surface area contributed by atoms with E-state index in [4.69, 9.17) is 0 Å². The van der Waals surface area contributed by atoms with Gasteiger partial charge < -0.3 is 4.74 Å². The third kappa shape index (κ3) is 6.18. The SMILES string of the molecule is C/C=C/CCC1CCC2CC(c3ccc(-c4ccc(OC(F)(F)F)cc4)c(F)c3)CCC2C1. The van der Waals surface area contributed by atoms with E-state index in [0.717, 1.165) is 36.2 Å². The van der Waals surface area contributed by atoms with Gasteiger partial charge in [0.25, 0.3) is 0 Å². The molecule has 0 radical (unpaired) electrons. The fraction of sp³-hybridized carbons (Fsp3) is 0.500. The predicted molar refractivity (Wildman–Crippen MR) is 123 cm³/mol. The van der Waals surface area contributed by atoms with Crippen molar-refractivity contribution < 1.29 is 22.3 Å². The lowest BCUT2D eigenvalue weighted by molar-refractivity contribution is -0.274. The molecule has 0 spiro atoms. The van der Waals surface area contributed by atoms with Gasteiger partial charge in [0.05, 0.1) is 0 Å². The molecule has 1 nitrogen and oxygen atoms in total.